The maximum Gasteiger partial charge on any atom is 0.253 e. The first kappa shape index (κ1) is 23.0. The fraction of sp³-hybridized carbons (Fsp3) is 0.296. The first-order valence-electron chi connectivity index (χ1n) is 11.1. The van der Waals surface area contributed by atoms with Gasteiger partial charge in [0.1, 0.15) is 18.1 Å². The molecule has 0 atom stereocenters. The topological polar surface area (TPSA) is 42.0 Å². The van der Waals surface area contributed by atoms with Gasteiger partial charge in [0.25, 0.3) is 5.91 Å². The van der Waals surface area contributed by atoms with Gasteiger partial charge in [-0.1, -0.05) is 23.7 Å². The van der Waals surface area contributed by atoms with Crippen LogP contribution >= 0.6 is 11.6 Å². The Labute approximate surface area is 200 Å². The van der Waals surface area contributed by atoms with E-state index in [1.807, 2.05) is 67.3 Å². The second kappa shape index (κ2) is 10.2. The van der Waals surface area contributed by atoms with Crippen LogP contribution in [0.5, 0.6) is 11.5 Å². The monoisotopic (exact) mass is 464 g/mol. The Balaban J connectivity index is 1.43. The Morgan fingerprint density at radius 1 is 0.939 bits per heavy atom. The quantitative estimate of drug-likeness (QED) is 0.482. The van der Waals surface area contributed by atoms with E-state index >= 15 is 0 Å². The summed E-state index contributed by atoms with van der Waals surface area (Å²) in [6.07, 6.45) is 0. The summed E-state index contributed by atoms with van der Waals surface area (Å²) in [5, 5.41) is 0.722. The third kappa shape index (κ3) is 5.60. The highest BCUT2D eigenvalue weighted by Crippen LogP contribution is 2.25. The fourth-order valence-electron chi connectivity index (χ4n) is 4.22. The van der Waals surface area contributed by atoms with Gasteiger partial charge in [0.05, 0.1) is 7.11 Å². The van der Waals surface area contributed by atoms with Gasteiger partial charge in [0.15, 0.2) is 0 Å². The minimum absolute atomic E-state index is 0.0241. The Kier molecular flexibility index (Phi) is 7.09. The lowest BCUT2D eigenvalue weighted by Crippen LogP contribution is -2.48. The normalized spacial score (nSPS) is 13.7. The number of methoxy groups -OCH3 is 1. The molecule has 0 saturated carbocycles. The van der Waals surface area contributed by atoms with E-state index in [-0.39, 0.29) is 5.91 Å². The number of halogens is 1. The molecule has 0 aromatic heterocycles. The van der Waals surface area contributed by atoms with Crippen molar-refractivity contribution in [2.45, 2.75) is 20.5 Å². The number of carbonyl (C=O) groups is 1. The van der Waals surface area contributed by atoms with Crippen LogP contribution in [0.1, 0.15) is 27.0 Å². The molecule has 0 aliphatic carbocycles. The van der Waals surface area contributed by atoms with Gasteiger partial charge in [-0.05, 0) is 73.5 Å². The van der Waals surface area contributed by atoms with Gasteiger partial charge >= 0.3 is 0 Å². The standard InChI is InChI=1S/C27H29ClN2O3/c1-19-13-20(2)15-25(14-19)33-18-22-16-21(7-8-26(22)32-3)27(31)30-11-9-29(10-12-30)24-6-4-5-23(28)17-24/h4-8,13-17H,9-12,18H2,1-3H3. The van der Waals surface area contributed by atoms with E-state index in [4.69, 9.17) is 21.1 Å². The van der Waals surface area contributed by atoms with Crippen molar-refractivity contribution in [1.82, 2.24) is 4.90 Å². The van der Waals surface area contributed by atoms with Crippen molar-refractivity contribution in [3.63, 3.8) is 0 Å². The van der Waals surface area contributed by atoms with Crippen LogP contribution in [0.2, 0.25) is 5.02 Å². The number of ether oxygens (including phenoxy) is 2. The zero-order valence-electron chi connectivity index (χ0n) is 19.3. The number of carbonyl (C=O) groups excluding carboxylic acids is 1. The third-order valence-corrected chi connectivity index (χ3v) is 6.09. The minimum atomic E-state index is 0.0241. The van der Waals surface area contributed by atoms with Crippen LogP contribution in [-0.4, -0.2) is 44.1 Å². The van der Waals surface area contributed by atoms with E-state index < -0.39 is 0 Å². The molecule has 3 aromatic carbocycles. The summed E-state index contributed by atoms with van der Waals surface area (Å²) >= 11 is 6.13. The number of hydrogen-bond donors (Lipinski definition) is 0. The molecule has 1 aliphatic heterocycles. The Bertz CT molecular complexity index is 1120. The highest BCUT2D eigenvalue weighted by Gasteiger charge is 2.23. The molecule has 33 heavy (non-hydrogen) atoms. The van der Waals surface area contributed by atoms with Crippen LogP contribution in [0.25, 0.3) is 0 Å². The first-order chi connectivity index (χ1) is 15.9. The van der Waals surface area contributed by atoms with Gasteiger partial charge < -0.3 is 19.3 Å². The number of anilines is 1. The number of aryl methyl sites for hydroxylation is 2. The van der Waals surface area contributed by atoms with Crippen LogP contribution < -0.4 is 14.4 Å². The average molecular weight is 465 g/mol. The molecule has 1 fully saturated rings. The molecule has 172 valence electrons. The van der Waals surface area contributed by atoms with E-state index in [9.17, 15) is 4.79 Å². The number of hydrogen-bond acceptors (Lipinski definition) is 4. The molecule has 5 nitrogen and oxygen atoms in total. The molecule has 0 bridgehead atoms. The second-order valence-electron chi connectivity index (χ2n) is 8.40. The number of piperazine rings is 1. The summed E-state index contributed by atoms with van der Waals surface area (Å²) < 4.78 is 11.5. The number of amides is 1. The van der Waals surface area contributed by atoms with Crippen molar-refractivity contribution >= 4 is 23.2 Å². The lowest BCUT2D eigenvalue weighted by atomic mass is 10.1. The van der Waals surface area contributed by atoms with Gasteiger partial charge in [-0.2, -0.15) is 0 Å². The molecular formula is C27H29ClN2O3. The molecule has 1 heterocycles. The molecule has 4 rings (SSSR count). The predicted octanol–water partition coefficient (Wildman–Crippen LogP) is 5.51. The number of rotatable bonds is 6. The summed E-state index contributed by atoms with van der Waals surface area (Å²) in [4.78, 5) is 17.4. The van der Waals surface area contributed by atoms with Crippen LogP contribution in [0.4, 0.5) is 5.69 Å². The molecule has 0 spiro atoms. The summed E-state index contributed by atoms with van der Waals surface area (Å²) in [5.74, 6) is 1.54. The van der Waals surface area contributed by atoms with Crippen molar-refractivity contribution in [2.75, 3.05) is 38.2 Å². The second-order valence-corrected chi connectivity index (χ2v) is 8.83. The van der Waals surface area contributed by atoms with E-state index in [2.05, 4.69) is 17.0 Å². The van der Waals surface area contributed by atoms with Crippen molar-refractivity contribution in [1.29, 1.82) is 0 Å². The molecule has 1 aliphatic rings. The van der Waals surface area contributed by atoms with Crippen LogP contribution in [0.3, 0.4) is 0 Å². The Morgan fingerprint density at radius 2 is 1.67 bits per heavy atom. The first-order valence-corrected chi connectivity index (χ1v) is 11.5. The van der Waals surface area contributed by atoms with Crippen LogP contribution in [0, 0.1) is 13.8 Å². The van der Waals surface area contributed by atoms with Crippen molar-refractivity contribution in [3.05, 3.63) is 87.9 Å². The molecule has 0 N–H and O–H groups in total. The van der Waals surface area contributed by atoms with E-state index in [0.29, 0.717) is 31.0 Å². The van der Waals surface area contributed by atoms with E-state index in [1.54, 1.807) is 7.11 Å². The van der Waals surface area contributed by atoms with Crippen molar-refractivity contribution < 1.29 is 14.3 Å². The number of benzene rings is 3. The lowest BCUT2D eigenvalue weighted by molar-refractivity contribution is 0.0746. The maximum atomic E-state index is 13.2. The maximum absolute atomic E-state index is 13.2. The molecule has 6 heteroatoms. The van der Waals surface area contributed by atoms with Gasteiger partial charge in [-0.3, -0.25) is 4.79 Å². The van der Waals surface area contributed by atoms with Crippen molar-refractivity contribution in [3.8, 4) is 11.5 Å². The van der Waals surface area contributed by atoms with Gasteiger partial charge in [-0.15, -0.1) is 0 Å². The smallest absolute Gasteiger partial charge is 0.253 e. The molecular weight excluding hydrogens is 436 g/mol. The van der Waals surface area contributed by atoms with E-state index in [0.717, 1.165) is 46.2 Å². The molecule has 1 amide bonds. The minimum Gasteiger partial charge on any atom is -0.496 e. The zero-order chi connectivity index (χ0) is 23.4. The molecule has 1 saturated heterocycles. The number of nitrogens with zero attached hydrogens (tertiary/aromatic N) is 2. The summed E-state index contributed by atoms with van der Waals surface area (Å²) in [6, 6.07) is 19.5. The zero-order valence-corrected chi connectivity index (χ0v) is 20.1. The third-order valence-electron chi connectivity index (χ3n) is 5.86. The lowest BCUT2D eigenvalue weighted by Gasteiger charge is -2.36. The summed E-state index contributed by atoms with van der Waals surface area (Å²) in [6.45, 7) is 7.28. The van der Waals surface area contributed by atoms with Gasteiger partial charge in [0.2, 0.25) is 0 Å². The van der Waals surface area contributed by atoms with E-state index in [1.165, 1.54) is 0 Å². The summed E-state index contributed by atoms with van der Waals surface area (Å²) in [5.41, 5.74) is 4.88. The summed E-state index contributed by atoms with van der Waals surface area (Å²) in [7, 11) is 1.63. The Morgan fingerprint density at radius 3 is 2.33 bits per heavy atom. The predicted molar refractivity (Wildman–Crippen MR) is 133 cm³/mol. The fourth-order valence-corrected chi connectivity index (χ4v) is 4.41. The SMILES string of the molecule is COc1ccc(C(=O)N2CCN(c3cccc(Cl)c3)CC2)cc1COc1cc(C)cc(C)c1. The van der Waals surface area contributed by atoms with Crippen LogP contribution in [0.15, 0.2) is 60.7 Å². The van der Waals surface area contributed by atoms with Gasteiger partial charge in [0, 0.05) is 48.0 Å². The Hall–Kier alpha value is -3.18. The molecule has 0 unspecified atom stereocenters. The van der Waals surface area contributed by atoms with Crippen LogP contribution in [-0.2, 0) is 6.61 Å². The van der Waals surface area contributed by atoms with Gasteiger partial charge in [-0.25, -0.2) is 0 Å². The highest BCUT2D eigenvalue weighted by atomic mass is 35.5. The molecule has 0 radical (unpaired) electrons. The average Bonchev–Trinajstić information content (AvgIpc) is 2.81. The molecule has 3 aromatic rings. The largest absolute Gasteiger partial charge is 0.496 e. The highest BCUT2D eigenvalue weighted by molar-refractivity contribution is 6.30. The van der Waals surface area contributed by atoms with Crippen molar-refractivity contribution in [2.24, 2.45) is 0 Å².